The smallest absolute Gasteiger partial charge is 0.178 e. The molecular weight excluding hydrogens is 332 g/mol. The number of carbonyl (C=O) groups is 1. The van der Waals surface area contributed by atoms with Crippen molar-refractivity contribution in [2.24, 2.45) is 28.6 Å². The van der Waals surface area contributed by atoms with E-state index < -0.39 is 29.8 Å². The van der Waals surface area contributed by atoms with Gasteiger partial charge in [0.2, 0.25) is 0 Å². The average molecular weight is 362 g/mol. The number of aliphatic hydroxyl groups is 4. The third-order valence-corrected chi connectivity index (χ3v) is 8.44. The minimum Gasteiger partial charge on any atom is -0.394 e. The lowest BCUT2D eigenvalue weighted by molar-refractivity contribution is -0.204. The second-order valence-electron chi connectivity index (χ2n) is 9.37. The first-order chi connectivity index (χ1) is 12.2. The van der Waals surface area contributed by atoms with E-state index in [2.05, 4.69) is 6.92 Å². The fourth-order valence-electron chi connectivity index (χ4n) is 7.06. The number of ketones is 1. The molecule has 0 amide bonds. The minimum atomic E-state index is -1.37. The van der Waals surface area contributed by atoms with Gasteiger partial charge in [-0.25, -0.2) is 0 Å². The van der Waals surface area contributed by atoms with E-state index >= 15 is 0 Å². The Labute approximate surface area is 154 Å². The van der Waals surface area contributed by atoms with Gasteiger partial charge in [-0.15, -0.1) is 0 Å². The predicted octanol–water partition coefficient (Wildman–Crippen LogP) is 1.35. The molecule has 0 aromatic carbocycles. The van der Waals surface area contributed by atoms with Crippen molar-refractivity contribution < 1.29 is 25.2 Å². The number of carbonyl (C=O) groups excluding carboxylic acids is 1. The van der Waals surface area contributed by atoms with Crippen molar-refractivity contribution >= 4 is 5.78 Å². The summed E-state index contributed by atoms with van der Waals surface area (Å²) in [5.74, 6) is 0.445. The zero-order valence-corrected chi connectivity index (χ0v) is 15.6. The van der Waals surface area contributed by atoms with Gasteiger partial charge in [-0.1, -0.05) is 25.5 Å². The molecule has 8 atom stereocenters. The summed E-state index contributed by atoms with van der Waals surface area (Å²) < 4.78 is 0. The first-order valence-electron chi connectivity index (χ1n) is 9.81. The second-order valence-corrected chi connectivity index (χ2v) is 9.37. The highest BCUT2D eigenvalue weighted by Gasteiger charge is 2.67. The fourth-order valence-corrected chi connectivity index (χ4v) is 7.06. The summed E-state index contributed by atoms with van der Waals surface area (Å²) in [6.45, 7) is 3.61. The highest BCUT2D eigenvalue weighted by Crippen LogP contribution is 2.67. The number of aliphatic hydroxyl groups excluding tert-OH is 3. The van der Waals surface area contributed by atoms with Crippen LogP contribution in [0, 0.1) is 28.6 Å². The van der Waals surface area contributed by atoms with Crippen LogP contribution in [0.1, 0.15) is 46.0 Å². The summed E-state index contributed by atoms with van der Waals surface area (Å²) in [6.07, 6.45) is 6.85. The van der Waals surface area contributed by atoms with Gasteiger partial charge in [-0.2, -0.15) is 0 Å². The first-order valence-corrected chi connectivity index (χ1v) is 9.81. The Morgan fingerprint density at radius 2 is 2.04 bits per heavy atom. The minimum absolute atomic E-state index is 0.0125. The fraction of sp³-hybridized carbons (Fsp3) is 0.762. The van der Waals surface area contributed by atoms with Crippen LogP contribution in [0.3, 0.4) is 0 Å². The van der Waals surface area contributed by atoms with E-state index in [1.54, 1.807) is 12.2 Å². The van der Waals surface area contributed by atoms with Crippen LogP contribution in [-0.4, -0.2) is 50.6 Å². The van der Waals surface area contributed by atoms with E-state index in [0.29, 0.717) is 12.8 Å². The maximum Gasteiger partial charge on any atom is 0.178 e. The molecule has 0 heterocycles. The molecule has 5 nitrogen and oxygen atoms in total. The largest absolute Gasteiger partial charge is 0.394 e. The summed E-state index contributed by atoms with van der Waals surface area (Å²) in [6, 6.07) is 0. The van der Waals surface area contributed by atoms with E-state index in [1.165, 1.54) is 0 Å². The normalized spacial score (nSPS) is 51.3. The van der Waals surface area contributed by atoms with E-state index in [1.807, 2.05) is 13.0 Å². The Morgan fingerprint density at radius 1 is 1.31 bits per heavy atom. The van der Waals surface area contributed by atoms with Crippen LogP contribution in [0.25, 0.3) is 0 Å². The lowest BCUT2D eigenvalue weighted by atomic mass is 9.46. The molecule has 0 aromatic heterocycles. The topological polar surface area (TPSA) is 98.0 Å². The molecule has 0 bridgehead atoms. The molecule has 4 aliphatic carbocycles. The lowest BCUT2D eigenvalue weighted by Crippen LogP contribution is -2.62. The third kappa shape index (κ3) is 2.15. The van der Waals surface area contributed by atoms with Crippen LogP contribution in [-0.2, 0) is 4.79 Å². The second kappa shape index (κ2) is 5.74. The highest BCUT2D eigenvalue weighted by molar-refractivity contribution is 6.01. The van der Waals surface area contributed by atoms with Crippen LogP contribution in [0.15, 0.2) is 23.8 Å². The summed E-state index contributed by atoms with van der Waals surface area (Å²) in [7, 11) is 0. The Hall–Kier alpha value is -1.01. The number of allylic oxidation sites excluding steroid dienone is 4. The van der Waals surface area contributed by atoms with Crippen LogP contribution >= 0.6 is 0 Å². The monoisotopic (exact) mass is 362 g/mol. The standard InChI is InChI=1S/C21H30O5/c1-19-7-5-13(23)9-12(19)3-4-14-15-6-8-21(26,17(25)11-22)20(15,2)10-16(24)18(14)19/h5,7,9,14-18,22,24-26H,3-4,6,8,10-11H2,1-2H3/t14-,15-,16-,17-,18+,19?,20-,21-/m0/s1. The van der Waals surface area contributed by atoms with Crippen molar-refractivity contribution in [3.05, 3.63) is 23.8 Å². The van der Waals surface area contributed by atoms with Crippen LogP contribution in [0.2, 0.25) is 0 Å². The van der Waals surface area contributed by atoms with Crippen molar-refractivity contribution in [1.82, 2.24) is 0 Å². The van der Waals surface area contributed by atoms with Crippen LogP contribution < -0.4 is 0 Å². The maximum absolute atomic E-state index is 11.8. The van der Waals surface area contributed by atoms with E-state index in [9.17, 15) is 25.2 Å². The Balaban J connectivity index is 1.74. The Kier molecular flexibility index (Phi) is 4.05. The van der Waals surface area contributed by atoms with Gasteiger partial charge in [0.1, 0.15) is 6.10 Å². The van der Waals surface area contributed by atoms with Crippen molar-refractivity contribution in [2.45, 2.75) is 63.8 Å². The molecule has 26 heavy (non-hydrogen) atoms. The molecule has 3 saturated carbocycles. The molecular formula is C21H30O5. The maximum atomic E-state index is 11.8. The number of hydrogen-bond acceptors (Lipinski definition) is 5. The molecule has 0 aliphatic heterocycles. The van der Waals surface area contributed by atoms with E-state index in [4.69, 9.17) is 0 Å². The molecule has 144 valence electrons. The number of hydrogen-bond donors (Lipinski definition) is 4. The van der Waals surface area contributed by atoms with Crippen molar-refractivity contribution in [1.29, 1.82) is 0 Å². The van der Waals surface area contributed by atoms with Crippen molar-refractivity contribution in [3.63, 3.8) is 0 Å². The summed E-state index contributed by atoms with van der Waals surface area (Å²) in [5.41, 5.74) is -1.21. The lowest BCUT2D eigenvalue weighted by Gasteiger charge is -2.60. The van der Waals surface area contributed by atoms with E-state index in [0.717, 1.165) is 24.8 Å². The summed E-state index contributed by atoms with van der Waals surface area (Å²) >= 11 is 0. The molecule has 3 fully saturated rings. The van der Waals surface area contributed by atoms with Gasteiger partial charge in [0, 0.05) is 16.7 Å². The molecule has 0 spiro atoms. The molecule has 4 aliphatic rings. The summed E-state index contributed by atoms with van der Waals surface area (Å²) in [5, 5.41) is 42.2. The average Bonchev–Trinajstić information content (AvgIpc) is 2.86. The molecule has 4 N–H and O–H groups in total. The van der Waals surface area contributed by atoms with Gasteiger partial charge < -0.3 is 20.4 Å². The van der Waals surface area contributed by atoms with Gasteiger partial charge in [0.25, 0.3) is 0 Å². The van der Waals surface area contributed by atoms with Gasteiger partial charge in [0.05, 0.1) is 18.3 Å². The molecule has 4 rings (SSSR count). The molecule has 0 saturated heterocycles. The van der Waals surface area contributed by atoms with Crippen molar-refractivity contribution in [3.8, 4) is 0 Å². The SMILES string of the molecule is CC12C=CC(=O)C=C1CC[C@@H]1[C@@H]2[C@@H](O)C[C@@]2(C)[C@H]1CC[C@]2(O)[C@@H](O)CO. The highest BCUT2D eigenvalue weighted by atomic mass is 16.4. The Bertz CT molecular complexity index is 684. The zero-order chi connectivity index (χ0) is 18.9. The van der Waals surface area contributed by atoms with Crippen LogP contribution in [0.5, 0.6) is 0 Å². The third-order valence-electron chi connectivity index (χ3n) is 8.44. The van der Waals surface area contributed by atoms with Gasteiger partial charge >= 0.3 is 0 Å². The van der Waals surface area contributed by atoms with Gasteiger partial charge in [-0.3, -0.25) is 4.79 Å². The molecule has 0 aromatic rings. The number of fused-ring (bicyclic) bond motifs is 5. The van der Waals surface area contributed by atoms with Crippen molar-refractivity contribution in [2.75, 3.05) is 6.61 Å². The molecule has 5 heteroatoms. The van der Waals surface area contributed by atoms with Gasteiger partial charge in [0.15, 0.2) is 5.78 Å². The zero-order valence-electron chi connectivity index (χ0n) is 15.6. The first kappa shape index (κ1) is 18.4. The number of rotatable bonds is 2. The van der Waals surface area contributed by atoms with Crippen LogP contribution in [0.4, 0.5) is 0 Å². The summed E-state index contributed by atoms with van der Waals surface area (Å²) in [4.78, 5) is 11.8. The molecule has 1 unspecified atom stereocenters. The van der Waals surface area contributed by atoms with E-state index in [-0.39, 0.29) is 29.0 Å². The molecule has 0 radical (unpaired) electrons. The quantitative estimate of drug-likeness (QED) is 0.594. The van der Waals surface area contributed by atoms with Gasteiger partial charge in [-0.05, 0) is 56.1 Å². The predicted molar refractivity (Wildman–Crippen MR) is 96.0 cm³/mol. The Morgan fingerprint density at radius 3 is 2.73 bits per heavy atom.